The van der Waals surface area contributed by atoms with Crippen LogP contribution in [0.3, 0.4) is 0 Å². The molecule has 0 aromatic carbocycles. The van der Waals surface area contributed by atoms with Crippen molar-refractivity contribution in [3.8, 4) is 0 Å². The van der Waals surface area contributed by atoms with Crippen molar-refractivity contribution in [3.05, 3.63) is 29.1 Å². The maximum Gasteiger partial charge on any atom is 0.144 e. The number of Topliss-reactive ketones (excluding diaryl/α,β-unsaturated/α-hetero) is 1. The van der Waals surface area contributed by atoms with Gasteiger partial charge < -0.3 is 0 Å². The predicted octanol–water partition coefficient (Wildman–Crippen LogP) is 1.64. The lowest BCUT2D eigenvalue weighted by Gasteiger charge is -2.08. The minimum absolute atomic E-state index is 0.146. The summed E-state index contributed by atoms with van der Waals surface area (Å²) in [7, 11) is 1.90. The molecule has 0 aliphatic heterocycles. The molecule has 2 rings (SSSR count). The lowest BCUT2D eigenvalue weighted by atomic mass is 10.1. The Bertz CT molecular complexity index is 639. The number of aryl methyl sites for hydroxylation is 2. The molecule has 0 bridgehead atoms. The second kappa shape index (κ2) is 6.20. The SMILES string of the molecule is Cc1nn(C)c(C)c1CC(=O)Cc1ncnn1CC(C)C. The summed E-state index contributed by atoms with van der Waals surface area (Å²) in [5.41, 5.74) is 2.99. The van der Waals surface area contributed by atoms with Gasteiger partial charge in [-0.15, -0.1) is 0 Å². The third kappa shape index (κ3) is 3.56. The van der Waals surface area contributed by atoms with E-state index in [4.69, 9.17) is 0 Å². The van der Waals surface area contributed by atoms with E-state index in [1.807, 2.05) is 30.3 Å². The largest absolute Gasteiger partial charge is 0.299 e. The Balaban J connectivity index is 2.07. The van der Waals surface area contributed by atoms with Crippen LogP contribution in [0.1, 0.15) is 36.6 Å². The van der Waals surface area contributed by atoms with E-state index >= 15 is 0 Å². The van der Waals surface area contributed by atoms with Gasteiger partial charge in [0.25, 0.3) is 0 Å². The van der Waals surface area contributed by atoms with Crippen LogP contribution >= 0.6 is 0 Å². The summed E-state index contributed by atoms with van der Waals surface area (Å²) in [6.45, 7) is 8.96. The number of nitrogens with zero attached hydrogens (tertiary/aromatic N) is 5. The summed E-state index contributed by atoms with van der Waals surface area (Å²) < 4.78 is 3.64. The molecular weight excluding hydrogens is 266 g/mol. The zero-order valence-corrected chi connectivity index (χ0v) is 13.4. The van der Waals surface area contributed by atoms with E-state index < -0.39 is 0 Å². The monoisotopic (exact) mass is 289 g/mol. The average Bonchev–Trinajstić information content (AvgIpc) is 2.89. The summed E-state index contributed by atoms with van der Waals surface area (Å²) in [5.74, 6) is 1.36. The minimum atomic E-state index is 0.146. The molecule has 0 amide bonds. The van der Waals surface area contributed by atoms with Gasteiger partial charge in [-0.05, 0) is 19.8 Å². The van der Waals surface area contributed by atoms with Crippen molar-refractivity contribution in [2.75, 3.05) is 0 Å². The molecule has 2 aromatic rings. The first-order valence-electron chi connectivity index (χ1n) is 7.26. The van der Waals surface area contributed by atoms with Gasteiger partial charge in [0.15, 0.2) is 0 Å². The number of rotatable bonds is 6. The molecule has 2 aromatic heterocycles. The number of carbonyl (C=O) groups is 1. The zero-order chi connectivity index (χ0) is 15.6. The molecule has 0 fully saturated rings. The van der Waals surface area contributed by atoms with E-state index in [9.17, 15) is 4.79 Å². The Hall–Kier alpha value is -1.98. The molecule has 0 unspecified atom stereocenters. The van der Waals surface area contributed by atoms with E-state index in [1.165, 1.54) is 6.33 Å². The Kier molecular flexibility index (Phi) is 4.55. The molecule has 0 radical (unpaired) electrons. The predicted molar refractivity (Wildman–Crippen MR) is 80.0 cm³/mol. The summed E-state index contributed by atoms with van der Waals surface area (Å²) >= 11 is 0. The maximum absolute atomic E-state index is 12.3. The molecular formula is C15H23N5O. The molecule has 114 valence electrons. The van der Waals surface area contributed by atoms with Crippen LogP contribution in [0.2, 0.25) is 0 Å². The molecule has 0 saturated heterocycles. The van der Waals surface area contributed by atoms with Gasteiger partial charge in [-0.2, -0.15) is 10.2 Å². The van der Waals surface area contributed by atoms with Crippen LogP contribution in [0.5, 0.6) is 0 Å². The van der Waals surface area contributed by atoms with Crippen LogP contribution < -0.4 is 0 Å². The van der Waals surface area contributed by atoms with E-state index in [0.717, 1.165) is 29.3 Å². The fourth-order valence-corrected chi connectivity index (χ4v) is 2.43. The lowest BCUT2D eigenvalue weighted by molar-refractivity contribution is -0.118. The van der Waals surface area contributed by atoms with E-state index in [-0.39, 0.29) is 5.78 Å². The van der Waals surface area contributed by atoms with Crippen LogP contribution in [0.4, 0.5) is 0 Å². The highest BCUT2D eigenvalue weighted by Gasteiger charge is 2.16. The normalized spacial score (nSPS) is 11.3. The van der Waals surface area contributed by atoms with Crippen molar-refractivity contribution >= 4 is 5.78 Å². The highest BCUT2D eigenvalue weighted by Crippen LogP contribution is 2.14. The van der Waals surface area contributed by atoms with Gasteiger partial charge in [-0.3, -0.25) is 9.48 Å². The number of aromatic nitrogens is 5. The number of carbonyl (C=O) groups excluding carboxylic acids is 1. The standard InChI is InChI=1S/C15H23N5O/c1-10(2)8-20-15(16-9-17-20)7-13(21)6-14-11(3)18-19(5)12(14)4/h9-10H,6-8H2,1-5H3. The maximum atomic E-state index is 12.3. The molecule has 0 aliphatic rings. The zero-order valence-electron chi connectivity index (χ0n) is 13.4. The highest BCUT2D eigenvalue weighted by atomic mass is 16.1. The number of hydrogen-bond donors (Lipinski definition) is 0. The molecule has 0 N–H and O–H groups in total. The lowest BCUT2D eigenvalue weighted by Crippen LogP contribution is -2.15. The highest BCUT2D eigenvalue weighted by molar-refractivity contribution is 5.82. The average molecular weight is 289 g/mol. The van der Waals surface area contributed by atoms with E-state index in [1.54, 1.807) is 0 Å². The first-order chi connectivity index (χ1) is 9.88. The molecule has 0 saturated carbocycles. The van der Waals surface area contributed by atoms with Crippen LogP contribution in [-0.2, 0) is 31.2 Å². The van der Waals surface area contributed by atoms with Gasteiger partial charge >= 0.3 is 0 Å². The molecule has 0 atom stereocenters. The third-order valence-electron chi connectivity index (χ3n) is 3.62. The summed E-state index contributed by atoms with van der Waals surface area (Å²) in [5, 5.41) is 8.54. The third-order valence-corrected chi connectivity index (χ3v) is 3.62. The summed E-state index contributed by atoms with van der Waals surface area (Å²) in [6, 6.07) is 0. The van der Waals surface area contributed by atoms with Crippen molar-refractivity contribution in [2.45, 2.75) is 47.1 Å². The quantitative estimate of drug-likeness (QED) is 0.811. The Morgan fingerprint density at radius 2 is 2.00 bits per heavy atom. The van der Waals surface area contributed by atoms with E-state index in [0.29, 0.717) is 18.8 Å². The van der Waals surface area contributed by atoms with Gasteiger partial charge in [-0.25, -0.2) is 9.67 Å². The summed E-state index contributed by atoms with van der Waals surface area (Å²) in [6.07, 6.45) is 2.24. The number of hydrogen-bond acceptors (Lipinski definition) is 4. The van der Waals surface area contributed by atoms with Crippen molar-refractivity contribution < 1.29 is 4.79 Å². The minimum Gasteiger partial charge on any atom is -0.299 e. The molecule has 21 heavy (non-hydrogen) atoms. The van der Waals surface area contributed by atoms with Gasteiger partial charge in [-0.1, -0.05) is 13.8 Å². The van der Waals surface area contributed by atoms with Gasteiger partial charge in [0.1, 0.15) is 17.9 Å². The van der Waals surface area contributed by atoms with Crippen LogP contribution in [0.15, 0.2) is 6.33 Å². The fraction of sp³-hybridized carbons (Fsp3) is 0.600. The van der Waals surface area contributed by atoms with Crippen LogP contribution in [-0.4, -0.2) is 30.3 Å². The van der Waals surface area contributed by atoms with Crippen molar-refractivity contribution in [1.82, 2.24) is 24.5 Å². The van der Waals surface area contributed by atoms with Gasteiger partial charge in [0.05, 0.1) is 12.1 Å². The second-order valence-corrected chi connectivity index (χ2v) is 5.92. The van der Waals surface area contributed by atoms with Crippen LogP contribution in [0.25, 0.3) is 0 Å². The van der Waals surface area contributed by atoms with E-state index in [2.05, 4.69) is 29.0 Å². The van der Waals surface area contributed by atoms with Gasteiger partial charge in [0, 0.05) is 31.3 Å². The molecule has 6 nitrogen and oxygen atoms in total. The Morgan fingerprint density at radius 3 is 2.57 bits per heavy atom. The van der Waals surface area contributed by atoms with Gasteiger partial charge in [0.2, 0.25) is 0 Å². The summed E-state index contributed by atoms with van der Waals surface area (Å²) in [4.78, 5) is 16.5. The Morgan fingerprint density at radius 1 is 1.29 bits per heavy atom. The first-order valence-corrected chi connectivity index (χ1v) is 7.26. The Labute approximate surface area is 125 Å². The molecule has 0 aliphatic carbocycles. The molecule has 0 spiro atoms. The second-order valence-electron chi connectivity index (χ2n) is 5.92. The fourth-order valence-electron chi connectivity index (χ4n) is 2.43. The number of ketones is 1. The van der Waals surface area contributed by atoms with Crippen molar-refractivity contribution in [2.24, 2.45) is 13.0 Å². The van der Waals surface area contributed by atoms with Crippen LogP contribution in [0, 0.1) is 19.8 Å². The van der Waals surface area contributed by atoms with Crippen molar-refractivity contribution in [1.29, 1.82) is 0 Å². The smallest absolute Gasteiger partial charge is 0.144 e. The molecule has 2 heterocycles. The van der Waals surface area contributed by atoms with Crippen molar-refractivity contribution in [3.63, 3.8) is 0 Å². The molecule has 6 heteroatoms. The first kappa shape index (κ1) is 15.4. The topological polar surface area (TPSA) is 65.6 Å².